The molecule has 6 aromatic rings. The Labute approximate surface area is 208 Å². The molecule has 4 nitrogen and oxygen atoms in total. The van der Waals surface area contributed by atoms with Gasteiger partial charge in [0.15, 0.2) is 0 Å². The summed E-state index contributed by atoms with van der Waals surface area (Å²) < 4.78 is 0. The summed E-state index contributed by atoms with van der Waals surface area (Å²) in [7, 11) is 0. The molecule has 0 unspecified atom stereocenters. The highest BCUT2D eigenvalue weighted by Crippen LogP contribution is 2.41. The van der Waals surface area contributed by atoms with E-state index in [1.54, 1.807) is 0 Å². The molecule has 0 saturated heterocycles. The van der Waals surface area contributed by atoms with E-state index < -0.39 is 11.9 Å². The van der Waals surface area contributed by atoms with Gasteiger partial charge in [0.1, 0.15) is 0 Å². The van der Waals surface area contributed by atoms with Crippen molar-refractivity contribution in [2.45, 2.75) is 26.2 Å². The van der Waals surface area contributed by atoms with Gasteiger partial charge in [-0.2, -0.15) is 0 Å². The molecule has 0 spiro atoms. The molecule has 0 aromatic heterocycles. The Kier molecular flexibility index (Phi) is 6.26. The molecule has 0 aliphatic carbocycles. The van der Waals surface area contributed by atoms with E-state index in [4.69, 9.17) is 10.2 Å². The molecule has 6 rings (SSSR count). The Hall–Kier alpha value is -4.44. The summed E-state index contributed by atoms with van der Waals surface area (Å²) in [6, 6.07) is 29.9. The maximum absolute atomic E-state index is 10.3. The first-order valence-electron chi connectivity index (χ1n) is 12.1. The summed E-state index contributed by atoms with van der Waals surface area (Å²) in [5, 5.41) is 28.2. The van der Waals surface area contributed by atoms with Gasteiger partial charge in [-0.3, -0.25) is 0 Å². The molecule has 2 N–H and O–H groups in total. The van der Waals surface area contributed by atoms with E-state index in [0.717, 1.165) is 6.42 Å². The lowest BCUT2D eigenvalue weighted by atomic mass is 9.87. The molecule has 36 heavy (non-hydrogen) atoms. The maximum atomic E-state index is 10.3. The Morgan fingerprint density at radius 3 is 1.61 bits per heavy atom. The molecule has 178 valence electrons. The summed E-state index contributed by atoms with van der Waals surface area (Å²) in [5.74, 6) is -2.13. The summed E-state index contributed by atoms with van der Waals surface area (Å²) in [4.78, 5) is 20.7. The van der Waals surface area contributed by atoms with Crippen LogP contribution in [0.3, 0.4) is 0 Å². The highest BCUT2D eigenvalue weighted by Gasteiger charge is 2.14. The number of carboxylic acids is 2. The van der Waals surface area contributed by atoms with Gasteiger partial charge in [-0.1, -0.05) is 80.1 Å². The van der Waals surface area contributed by atoms with Crippen LogP contribution in [-0.2, 0) is 6.42 Å². The van der Waals surface area contributed by atoms with E-state index in [9.17, 15) is 9.59 Å². The second-order valence-corrected chi connectivity index (χ2v) is 9.00. The van der Waals surface area contributed by atoms with Gasteiger partial charge in [-0.25, -0.2) is 9.59 Å². The van der Waals surface area contributed by atoms with Crippen molar-refractivity contribution < 1.29 is 19.8 Å². The van der Waals surface area contributed by atoms with Crippen molar-refractivity contribution in [3.63, 3.8) is 0 Å². The number of aromatic carboxylic acids is 2. The summed E-state index contributed by atoms with van der Waals surface area (Å²) in [5.41, 5.74) is 1.67. The average molecular weight is 475 g/mol. The zero-order valence-corrected chi connectivity index (χ0v) is 20.0. The number of aryl methyl sites for hydroxylation is 1. The van der Waals surface area contributed by atoms with Gasteiger partial charge in [-0.05, 0) is 85.8 Å². The molecule has 0 saturated carbocycles. The number of carboxylic acid groups (broad SMARTS) is 2. The molecule has 0 amide bonds. The molecule has 0 aliphatic heterocycles. The number of carbonyl (C=O) groups is 2. The van der Waals surface area contributed by atoms with E-state index in [2.05, 4.69) is 73.7 Å². The number of benzene rings is 6. The van der Waals surface area contributed by atoms with Gasteiger partial charge in [0.05, 0.1) is 11.1 Å². The minimum atomic E-state index is -1.06. The summed E-state index contributed by atoms with van der Waals surface area (Å²) >= 11 is 0. The predicted molar refractivity (Wildman–Crippen MR) is 147 cm³/mol. The van der Waals surface area contributed by atoms with Gasteiger partial charge < -0.3 is 10.2 Å². The fourth-order valence-electron chi connectivity index (χ4n) is 5.06. The van der Waals surface area contributed by atoms with Crippen molar-refractivity contribution in [3.05, 3.63) is 108 Å². The molecule has 4 heteroatoms. The Balaban J connectivity index is 0.000000189. The van der Waals surface area contributed by atoms with E-state index in [1.807, 2.05) is 0 Å². The molecule has 6 aromatic carbocycles. The molecule has 0 bridgehead atoms. The van der Waals surface area contributed by atoms with Gasteiger partial charge in [0.2, 0.25) is 0 Å². The Morgan fingerprint density at radius 1 is 0.583 bits per heavy atom. The number of rotatable bonds is 5. The van der Waals surface area contributed by atoms with Crippen LogP contribution in [0.1, 0.15) is 46.0 Å². The molecule has 0 atom stereocenters. The average Bonchev–Trinajstić information content (AvgIpc) is 2.91. The van der Waals surface area contributed by atoms with E-state index >= 15 is 0 Å². The molecule has 0 radical (unpaired) electrons. The Morgan fingerprint density at radius 2 is 1.08 bits per heavy atom. The van der Waals surface area contributed by atoms with Crippen molar-refractivity contribution in [3.8, 4) is 0 Å². The SMILES string of the molecule is CCCCc1ccc2cccc3c4cccc5cccc(c1c23)c54.O=C(O)c1ccc(C(=O)O)cc1. The second kappa shape index (κ2) is 9.67. The summed E-state index contributed by atoms with van der Waals surface area (Å²) in [6.07, 6.45) is 3.65. The maximum Gasteiger partial charge on any atom is 0.335 e. The van der Waals surface area contributed by atoms with Crippen LogP contribution >= 0.6 is 0 Å². The van der Waals surface area contributed by atoms with Crippen LogP contribution < -0.4 is 0 Å². The summed E-state index contributed by atoms with van der Waals surface area (Å²) in [6.45, 7) is 2.27. The number of hydrogen-bond acceptors (Lipinski definition) is 2. The lowest BCUT2D eigenvalue weighted by Crippen LogP contribution is -1.99. The van der Waals surface area contributed by atoms with Crippen LogP contribution in [-0.4, -0.2) is 22.2 Å². The van der Waals surface area contributed by atoms with Crippen LogP contribution in [0, 0.1) is 0 Å². The van der Waals surface area contributed by atoms with Crippen molar-refractivity contribution in [2.75, 3.05) is 0 Å². The first kappa shape index (κ1) is 23.3. The lowest BCUT2D eigenvalue weighted by Gasteiger charge is -2.17. The normalized spacial score (nSPS) is 11.1. The monoisotopic (exact) mass is 474 g/mol. The standard InChI is InChI=1S/C24H20.C8H6O4/c1-2-3-7-17-14-15-18-10-5-12-20-19-11-4-8-16-9-6-13-21(22(16)19)24(17)23(18)20;9-7(10)5-1-2-6(4-3-5)8(11)12/h4-6,8-15H,2-3,7H2,1H3;1-4H,(H,9,10)(H,11,12). The van der Waals surface area contributed by atoms with Crippen LogP contribution in [0.15, 0.2) is 91.0 Å². The van der Waals surface area contributed by atoms with Gasteiger partial charge in [0, 0.05) is 0 Å². The van der Waals surface area contributed by atoms with Crippen LogP contribution in [0.5, 0.6) is 0 Å². The molecule has 0 heterocycles. The van der Waals surface area contributed by atoms with Crippen LogP contribution in [0.4, 0.5) is 0 Å². The van der Waals surface area contributed by atoms with E-state index in [0.29, 0.717) is 0 Å². The van der Waals surface area contributed by atoms with E-state index in [1.165, 1.54) is 85.8 Å². The quantitative estimate of drug-likeness (QED) is 0.195. The number of hydrogen-bond donors (Lipinski definition) is 2. The molecule has 0 fully saturated rings. The Bertz CT molecular complexity index is 1680. The second-order valence-electron chi connectivity index (χ2n) is 9.00. The molecular formula is C32H26O4. The third kappa shape index (κ3) is 4.11. The third-order valence-corrected chi connectivity index (χ3v) is 6.77. The van der Waals surface area contributed by atoms with Crippen molar-refractivity contribution in [1.29, 1.82) is 0 Å². The molecular weight excluding hydrogens is 448 g/mol. The van der Waals surface area contributed by atoms with E-state index in [-0.39, 0.29) is 11.1 Å². The van der Waals surface area contributed by atoms with Crippen LogP contribution in [0.25, 0.3) is 43.1 Å². The zero-order valence-electron chi connectivity index (χ0n) is 20.0. The number of unbranched alkanes of at least 4 members (excludes halogenated alkanes) is 1. The first-order valence-corrected chi connectivity index (χ1v) is 12.1. The smallest absolute Gasteiger partial charge is 0.335 e. The minimum absolute atomic E-state index is 0.0833. The fourth-order valence-corrected chi connectivity index (χ4v) is 5.06. The first-order chi connectivity index (χ1) is 17.5. The lowest BCUT2D eigenvalue weighted by molar-refractivity contribution is 0.0681. The predicted octanol–water partition coefficient (Wildman–Crippen LogP) is 8.16. The van der Waals surface area contributed by atoms with Crippen molar-refractivity contribution >= 4 is 55.0 Å². The van der Waals surface area contributed by atoms with Crippen molar-refractivity contribution in [2.24, 2.45) is 0 Å². The largest absolute Gasteiger partial charge is 0.478 e. The highest BCUT2D eigenvalue weighted by atomic mass is 16.4. The fraction of sp³-hybridized carbons (Fsp3) is 0.125. The van der Waals surface area contributed by atoms with Crippen LogP contribution in [0.2, 0.25) is 0 Å². The van der Waals surface area contributed by atoms with Gasteiger partial charge in [-0.15, -0.1) is 0 Å². The highest BCUT2D eigenvalue weighted by molar-refractivity contribution is 6.33. The minimum Gasteiger partial charge on any atom is -0.478 e. The van der Waals surface area contributed by atoms with Gasteiger partial charge >= 0.3 is 11.9 Å². The third-order valence-electron chi connectivity index (χ3n) is 6.77. The number of fused-ring (bicyclic) bond motifs is 2. The topological polar surface area (TPSA) is 74.6 Å². The molecule has 0 aliphatic rings. The zero-order chi connectivity index (χ0) is 25.2. The van der Waals surface area contributed by atoms with Gasteiger partial charge in [0.25, 0.3) is 0 Å². The van der Waals surface area contributed by atoms with Crippen molar-refractivity contribution in [1.82, 2.24) is 0 Å².